The number of aromatic nitrogens is 2. The molecule has 4 rings (SSSR count). The summed E-state index contributed by atoms with van der Waals surface area (Å²) in [6.07, 6.45) is 0.194. The maximum atomic E-state index is 13.2. The molecule has 2 heterocycles. The van der Waals surface area contributed by atoms with Gasteiger partial charge in [-0.2, -0.15) is 4.98 Å². The van der Waals surface area contributed by atoms with E-state index in [9.17, 15) is 22.8 Å². The second kappa shape index (κ2) is 8.17. The molecule has 1 atom stereocenters. The van der Waals surface area contributed by atoms with Crippen molar-refractivity contribution in [2.45, 2.75) is 44.8 Å². The highest BCUT2D eigenvalue weighted by Crippen LogP contribution is 2.33. The van der Waals surface area contributed by atoms with Crippen molar-refractivity contribution in [2.75, 3.05) is 22.6 Å². The van der Waals surface area contributed by atoms with Gasteiger partial charge in [0, 0.05) is 31.3 Å². The number of halogens is 3. The molecule has 170 valence electrons. The van der Waals surface area contributed by atoms with Crippen molar-refractivity contribution in [1.29, 1.82) is 0 Å². The van der Waals surface area contributed by atoms with Gasteiger partial charge in [0.25, 0.3) is 0 Å². The molecule has 12 heteroatoms. The van der Waals surface area contributed by atoms with E-state index in [0.717, 1.165) is 0 Å². The van der Waals surface area contributed by atoms with E-state index in [1.165, 1.54) is 0 Å². The third-order valence-electron chi connectivity index (χ3n) is 5.57. The van der Waals surface area contributed by atoms with Crippen LogP contribution in [0.4, 0.5) is 35.4 Å². The number of anilines is 3. The SMILES string of the molecule is Cc1nc(N[C@H]2C[C@@H](NC(=O)Oc3cc(F)c(F)c(F)c3)C2)nc2c1NC(=O)[C@H](C)N2C. The second-order valence-electron chi connectivity index (χ2n) is 7.85. The fourth-order valence-corrected chi connectivity index (χ4v) is 3.54. The fraction of sp³-hybridized carbons (Fsp3) is 0.400. The summed E-state index contributed by atoms with van der Waals surface area (Å²) in [6.45, 7) is 3.55. The minimum atomic E-state index is -1.63. The number of fused-ring (bicyclic) bond motifs is 1. The fourth-order valence-electron chi connectivity index (χ4n) is 3.54. The van der Waals surface area contributed by atoms with Crippen molar-refractivity contribution in [3.05, 3.63) is 35.3 Å². The third kappa shape index (κ3) is 4.12. The third-order valence-corrected chi connectivity index (χ3v) is 5.57. The van der Waals surface area contributed by atoms with Gasteiger partial charge in [0.1, 0.15) is 17.5 Å². The molecule has 0 saturated heterocycles. The minimum Gasteiger partial charge on any atom is -0.410 e. The first-order valence-corrected chi connectivity index (χ1v) is 9.94. The van der Waals surface area contributed by atoms with Crippen LogP contribution in [0.2, 0.25) is 0 Å². The number of ether oxygens (including phenoxy) is 1. The summed E-state index contributed by atoms with van der Waals surface area (Å²) in [6, 6.07) is 0.587. The number of aryl methyl sites for hydroxylation is 1. The zero-order valence-corrected chi connectivity index (χ0v) is 17.5. The summed E-state index contributed by atoms with van der Waals surface area (Å²) in [7, 11) is 1.78. The van der Waals surface area contributed by atoms with Crippen LogP contribution in [-0.4, -0.2) is 47.1 Å². The van der Waals surface area contributed by atoms with Crippen LogP contribution in [0.3, 0.4) is 0 Å². The van der Waals surface area contributed by atoms with Gasteiger partial charge in [-0.05, 0) is 26.7 Å². The molecule has 0 unspecified atom stereocenters. The Morgan fingerprint density at radius 1 is 1.19 bits per heavy atom. The average molecular weight is 450 g/mol. The molecule has 0 bridgehead atoms. The first-order chi connectivity index (χ1) is 15.1. The van der Waals surface area contributed by atoms with E-state index in [0.29, 0.717) is 48.1 Å². The van der Waals surface area contributed by atoms with Crippen molar-refractivity contribution in [1.82, 2.24) is 15.3 Å². The van der Waals surface area contributed by atoms with E-state index in [1.54, 1.807) is 25.8 Å². The van der Waals surface area contributed by atoms with Gasteiger partial charge in [-0.15, -0.1) is 0 Å². The summed E-state index contributed by atoms with van der Waals surface area (Å²) in [5, 5.41) is 8.59. The quantitative estimate of drug-likeness (QED) is 0.615. The highest BCUT2D eigenvalue weighted by Gasteiger charge is 2.33. The van der Waals surface area contributed by atoms with Gasteiger partial charge in [0.15, 0.2) is 23.3 Å². The molecule has 3 N–H and O–H groups in total. The van der Waals surface area contributed by atoms with Crippen molar-refractivity contribution < 1.29 is 27.5 Å². The van der Waals surface area contributed by atoms with Crippen LogP contribution in [0, 0.1) is 24.4 Å². The number of hydrogen-bond donors (Lipinski definition) is 3. The predicted molar refractivity (Wildman–Crippen MR) is 109 cm³/mol. The number of amides is 2. The number of carbonyl (C=O) groups excluding carboxylic acids is 2. The molecule has 0 radical (unpaired) electrons. The Balaban J connectivity index is 1.32. The van der Waals surface area contributed by atoms with E-state index in [4.69, 9.17) is 4.74 Å². The molecule has 2 aromatic rings. The van der Waals surface area contributed by atoms with Crippen LogP contribution in [0.15, 0.2) is 12.1 Å². The van der Waals surface area contributed by atoms with Crippen LogP contribution < -0.4 is 25.6 Å². The smallest absolute Gasteiger partial charge is 0.410 e. The Bertz CT molecular complexity index is 1070. The van der Waals surface area contributed by atoms with Gasteiger partial charge in [-0.25, -0.2) is 22.9 Å². The molecule has 32 heavy (non-hydrogen) atoms. The Morgan fingerprint density at radius 2 is 1.84 bits per heavy atom. The highest BCUT2D eigenvalue weighted by atomic mass is 19.2. The Kier molecular flexibility index (Phi) is 5.53. The number of nitrogens with zero attached hydrogens (tertiary/aromatic N) is 3. The second-order valence-corrected chi connectivity index (χ2v) is 7.85. The molecule has 1 fully saturated rings. The molecule has 2 amide bonds. The normalized spacial score (nSPS) is 21.9. The number of hydrogen-bond acceptors (Lipinski definition) is 7. The summed E-state index contributed by atoms with van der Waals surface area (Å²) >= 11 is 0. The zero-order valence-electron chi connectivity index (χ0n) is 17.5. The molecule has 9 nitrogen and oxygen atoms in total. The lowest BCUT2D eigenvalue weighted by Gasteiger charge is -2.37. The van der Waals surface area contributed by atoms with Gasteiger partial charge >= 0.3 is 6.09 Å². The highest BCUT2D eigenvalue weighted by molar-refractivity contribution is 6.03. The van der Waals surface area contributed by atoms with Crippen molar-refractivity contribution in [2.24, 2.45) is 0 Å². The first-order valence-electron chi connectivity index (χ1n) is 9.94. The van der Waals surface area contributed by atoms with Crippen molar-refractivity contribution in [3.63, 3.8) is 0 Å². The summed E-state index contributed by atoms with van der Waals surface area (Å²) in [5.74, 6) is -4.06. The molecule has 0 spiro atoms. The van der Waals surface area contributed by atoms with E-state index in [2.05, 4.69) is 25.9 Å². The van der Waals surface area contributed by atoms with Gasteiger partial charge in [-0.3, -0.25) is 4.79 Å². The lowest BCUT2D eigenvalue weighted by Crippen LogP contribution is -2.50. The molecule has 1 aromatic carbocycles. The molecule has 1 saturated carbocycles. The number of rotatable bonds is 4. The summed E-state index contributed by atoms with van der Waals surface area (Å²) < 4.78 is 44.2. The Hall–Kier alpha value is -3.57. The van der Waals surface area contributed by atoms with Crippen molar-refractivity contribution in [3.8, 4) is 5.75 Å². The van der Waals surface area contributed by atoms with Crippen LogP contribution in [0.5, 0.6) is 5.75 Å². The number of benzene rings is 1. The lowest BCUT2D eigenvalue weighted by molar-refractivity contribution is -0.117. The molecular formula is C20H21F3N6O3. The van der Waals surface area contributed by atoms with Crippen LogP contribution in [0.25, 0.3) is 0 Å². The molecule has 1 aromatic heterocycles. The number of carbonyl (C=O) groups is 2. The van der Waals surface area contributed by atoms with E-state index in [-0.39, 0.29) is 24.0 Å². The predicted octanol–water partition coefficient (Wildman–Crippen LogP) is 2.71. The largest absolute Gasteiger partial charge is 0.412 e. The van der Waals surface area contributed by atoms with Crippen molar-refractivity contribution >= 4 is 29.5 Å². The maximum absolute atomic E-state index is 13.2. The maximum Gasteiger partial charge on any atom is 0.412 e. The van der Waals surface area contributed by atoms with E-state index < -0.39 is 29.3 Å². The molecule has 1 aliphatic carbocycles. The van der Waals surface area contributed by atoms with Gasteiger partial charge in [-0.1, -0.05) is 0 Å². The van der Waals surface area contributed by atoms with Gasteiger partial charge < -0.3 is 25.6 Å². The zero-order chi connectivity index (χ0) is 23.2. The summed E-state index contributed by atoms with van der Waals surface area (Å²) in [4.78, 5) is 34.6. The van der Waals surface area contributed by atoms with Crippen LogP contribution in [-0.2, 0) is 4.79 Å². The molecule has 2 aliphatic rings. The minimum absolute atomic E-state index is 0.0145. The monoisotopic (exact) mass is 450 g/mol. The number of nitrogens with one attached hydrogen (secondary N) is 3. The Labute approximate surface area is 181 Å². The van der Waals surface area contributed by atoms with Gasteiger partial charge in [0.05, 0.1) is 5.69 Å². The van der Waals surface area contributed by atoms with E-state index >= 15 is 0 Å². The summed E-state index contributed by atoms with van der Waals surface area (Å²) in [5.41, 5.74) is 1.20. The molecular weight excluding hydrogens is 429 g/mol. The van der Waals surface area contributed by atoms with E-state index in [1.807, 2.05) is 0 Å². The van der Waals surface area contributed by atoms with Crippen LogP contribution in [0.1, 0.15) is 25.5 Å². The van der Waals surface area contributed by atoms with Gasteiger partial charge in [0.2, 0.25) is 11.9 Å². The molecule has 1 aliphatic heterocycles. The Morgan fingerprint density at radius 3 is 2.50 bits per heavy atom. The lowest BCUT2D eigenvalue weighted by atomic mass is 9.87. The average Bonchev–Trinajstić information content (AvgIpc) is 2.69. The first kappa shape index (κ1) is 21.7. The standard InChI is InChI=1S/C20H21F3N6O3/c1-8-16-17(29(3)9(2)18(30)27-16)28-19(24-8)25-10-4-11(5-10)26-20(31)32-12-6-13(21)15(23)14(22)7-12/h6-7,9-11H,4-5H2,1-3H3,(H,26,31)(H,27,30)(H,24,25,28)/t9-,10-,11+/m0/s1. The van der Waals surface area contributed by atoms with Crippen LogP contribution >= 0.6 is 0 Å². The number of likely N-dealkylation sites (N-methyl/N-ethyl adjacent to an activating group) is 1. The topological polar surface area (TPSA) is 108 Å².